The highest BCUT2D eigenvalue weighted by atomic mass is 16.7. The third-order valence-corrected chi connectivity index (χ3v) is 1.90. The van der Waals surface area contributed by atoms with Gasteiger partial charge in [0, 0.05) is 6.42 Å². The number of rotatable bonds is 5. The van der Waals surface area contributed by atoms with E-state index in [1.165, 1.54) is 0 Å². The average Bonchev–Trinajstić information content (AvgIpc) is 1.98. The van der Waals surface area contributed by atoms with Crippen LogP contribution in [-0.2, 0) is 0 Å². The summed E-state index contributed by atoms with van der Waals surface area (Å²) in [5.74, 6) is -11.1. The molecule has 0 unspecified atom stereocenters. The summed E-state index contributed by atoms with van der Waals surface area (Å²) in [6, 6.07) is 0. The first-order chi connectivity index (χ1) is 6.06. The summed E-state index contributed by atoms with van der Waals surface area (Å²) in [5, 5.41) is 61.4. The first-order valence-corrected chi connectivity index (χ1v) is 4.13. The van der Waals surface area contributed by atoms with Crippen LogP contribution in [-0.4, -0.2) is 53.3 Å². The molecule has 0 heterocycles. The van der Waals surface area contributed by atoms with Crippen molar-refractivity contribution in [3.05, 3.63) is 0 Å². The Bertz CT molecular complexity index is 181. The molecule has 0 aromatic heterocycles. The van der Waals surface area contributed by atoms with Gasteiger partial charge in [-0.3, -0.25) is 0 Å². The minimum atomic E-state index is -4.01. The molecule has 7 heteroatoms. The van der Waals surface area contributed by atoms with Gasteiger partial charge in [0.25, 0.3) is 0 Å². The lowest BCUT2D eigenvalue weighted by Gasteiger charge is -2.39. The number of hydrogen-bond acceptors (Lipinski definition) is 7. The summed E-state index contributed by atoms with van der Waals surface area (Å²) in [4.78, 5) is 0. The Kier molecular flexibility index (Phi) is 3.99. The van der Waals surface area contributed by atoms with E-state index in [1.54, 1.807) is 6.92 Å². The Morgan fingerprint density at radius 2 is 1.29 bits per heavy atom. The van der Waals surface area contributed by atoms with Gasteiger partial charge < -0.3 is 35.7 Å². The second-order valence-corrected chi connectivity index (χ2v) is 3.23. The van der Waals surface area contributed by atoms with E-state index in [9.17, 15) is 0 Å². The van der Waals surface area contributed by atoms with Crippen LogP contribution in [0.15, 0.2) is 0 Å². The summed E-state index contributed by atoms with van der Waals surface area (Å²) in [6.07, 6.45) is 0.195. The van der Waals surface area contributed by atoms with E-state index in [0.717, 1.165) is 0 Å². The highest BCUT2D eigenvalue weighted by molar-refractivity contribution is 4.87. The molecule has 0 aliphatic carbocycles. The molecule has 0 aromatic rings. The molecule has 0 amide bonds. The zero-order valence-corrected chi connectivity index (χ0v) is 7.75. The van der Waals surface area contributed by atoms with Crippen LogP contribution in [0.25, 0.3) is 0 Å². The van der Waals surface area contributed by atoms with E-state index in [1.807, 2.05) is 0 Å². The van der Waals surface area contributed by atoms with Gasteiger partial charge in [0.1, 0.15) is 0 Å². The fourth-order valence-corrected chi connectivity index (χ4v) is 0.866. The topological polar surface area (TPSA) is 142 Å². The summed E-state index contributed by atoms with van der Waals surface area (Å²) < 4.78 is 0. The zero-order chi connectivity index (χ0) is 11.6. The Balaban J connectivity index is 4.69. The van der Waals surface area contributed by atoms with Crippen molar-refractivity contribution in [2.45, 2.75) is 43.7 Å². The van der Waals surface area contributed by atoms with Crippen molar-refractivity contribution in [3.63, 3.8) is 0 Å². The largest absolute Gasteiger partial charge is 0.361 e. The molecule has 0 spiro atoms. The van der Waals surface area contributed by atoms with Crippen LogP contribution in [0.2, 0.25) is 0 Å². The van der Waals surface area contributed by atoms with Crippen LogP contribution in [0.1, 0.15) is 26.2 Å². The molecule has 0 bridgehead atoms. The SMILES string of the molecule is CCCCC(O)(O)C(O)(O)C(O)(O)O. The molecular formula is C7H16O7. The Labute approximate surface area is 80.5 Å². The van der Waals surface area contributed by atoms with Gasteiger partial charge in [-0.1, -0.05) is 13.3 Å². The van der Waals surface area contributed by atoms with E-state index in [0.29, 0.717) is 6.42 Å². The van der Waals surface area contributed by atoms with Crippen LogP contribution < -0.4 is 0 Å². The minimum absolute atomic E-state index is 0.200. The van der Waals surface area contributed by atoms with Crippen molar-refractivity contribution < 1.29 is 35.7 Å². The van der Waals surface area contributed by atoms with E-state index < -0.39 is 24.0 Å². The number of aliphatic hydroxyl groups is 7. The normalized spacial score (nSPS) is 14.6. The van der Waals surface area contributed by atoms with E-state index >= 15 is 0 Å². The summed E-state index contributed by atoms with van der Waals surface area (Å²) in [6.45, 7) is 1.70. The smallest absolute Gasteiger partial charge is 0.338 e. The maximum absolute atomic E-state index is 9.08. The fourth-order valence-electron chi connectivity index (χ4n) is 0.866. The minimum Gasteiger partial charge on any atom is -0.361 e. The predicted molar refractivity (Wildman–Crippen MR) is 43.2 cm³/mol. The van der Waals surface area contributed by atoms with E-state index in [-0.39, 0.29) is 6.42 Å². The van der Waals surface area contributed by atoms with E-state index in [4.69, 9.17) is 35.7 Å². The molecule has 0 atom stereocenters. The average molecular weight is 212 g/mol. The maximum atomic E-state index is 9.08. The standard InChI is InChI=1S/C7H16O7/c1-2-3-4-5(8,9)6(10,11)7(12,13)14/h8-14H,2-4H2,1H3. The molecule has 0 rings (SSSR count). The molecule has 0 aromatic carbocycles. The van der Waals surface area contributed by atoms with Crippen molar-refractivity contribution in [2.24, 2.45) is 0 Å². The lowest BCUT2D eigenvalue weighted by molar-refractivity contribution is -0.509. The second-order valence-electron chi connectivity index (χ2n) is 3.23. The number of unbranched alkanes of at least 4 members (excludes halogenated alkanes) is 1. The van der Waals surface area contributed by atoms with Crippen molar-refractivity contribution in [1.82, 2.24) is 0 Å². The fraction of sp³-hybridized carbons (Fsp3) is 1.00. The molecule has 0 fully saturated rings. The molecule has 86 valence electrons. The van der Waals surface area contributed by atoms with Gasteiger partial charge in [-0.2, -0.15) is 0 Å². The van der Waals surface area contributed by atoms with Gasteiger partial charge in [0.15, 0.2) is 0 Å². The third kappa shape index (κ3) is 2.61. The molecule has 0 saturated carbocycles. The summed E-state index contributed by atoms with van der Waals surface area (Å²) in [7, 11) is 0. The van der Waals surface area contributed by atoms with Gasteiger partial charge in [-0.05, 0) is 6.42 Å². The van der Waals surface area contributed by atoms with Gasteiger partial charge in [-0.25, -0.2) is 0 Å². The molecule has 7 N–H and O–H groups in total. The van der Waals surface area contributed by atoms with Gasteiger partial charge in [0.05, 0.1) is 0 Å². The summed E-state index contributed by atoms with van der Waals surface area (Å²) in [5.41, 5.74) is 0. The third-order valence-electron chi connectivity index (χ3n) is 1.90. The van der Waals surface area contributed by atoms with Crippen LogP contribution in [0.3, 0.4) is 0 Å². The Morgan fingerprint density at radius 3 is 1.57 bits per heavy atom. The lowest BCUT2D eigenvalue weighted by atomic mass is 9.97. The highest BCUT2D eigenvalue weighted by Crippen LogP contribution is 2.29. The molecular weight excluding hydrogens is 196 g/mol. The zero-order valence-electron chi connectivity index (χ0n) is 7.75. The van der Waals surface area contributed by atoms with Crippen molar-refractivity contribution >= 4 is 0 Å². The molecule has 0 radical (unpaired) electrons. The lowest BCUT2D eigenvalue weighted by Crippen LogP contribution is -2.68. The van der Waals surface area contributed by atoms with Crippen molar-refractivity contribution in [3.8, 4) is 0 Å². The Morgan fingerprint density at radius 1 is 0.857 bits per heavy atom. The molecule has 14 heavy (non-hydrogen) atoms. The predicted octanol–water partition coefficient (Wildman–Crippen LogP) is -2.83. The van der Waals surface area contributed by atoms with Crippen LogP contribution >= 0.6 is 0 Å². The van der Waals surface area contributed by atoms with Crippen LogP contribution in [0.5, 0.6) is 0 Å². The molecule has 0 aliphatic heterocycles. The van der Waals surface area contributed by atoms with Crippen LogP contribution in [0.4, 0.5) is 0 Å². The quantitative estimate of drug-likeness (QED) is 0.243. The van der Waals surface area contributed by atoms with E-state index in [2.05, 4.69) is 0 Å². The van der Waals surface area contributed by atoms with Crippen LogP contribution in [0, 0.1) is 0 Å². The summed E-state index contributed by atoms with van der Waals surface area (Å²) >= 11 is 0. The maximum Gasteiger partial charge on any atom is 0.338 e. The van der Waals surface area contributed by atoms with Gasteiger partial charge in [0.2, 0.25) is 5.79 Å². The molecule has 0 saturated heterocycles. The molecule has 7 nitrogen and oxygen atoms in total. The monoisotopic (exact) mass is 212 g/mol. The van der Waals surface area contributed by atoms with Gasteiger partial charge in [-0.15, -0.1) is 0 Å². The van der Waals surface area contributed by atoms with Crippen molar-refractivity contribution in [1.29, 1.82) is 0 Å². The Hall–Kier alpha value is -0.280. The molecule has 0 aliphatic rings. The highest BCUT2D eigenvalue weighted by Gasteiger charge is 2.60. The number of hydrogen-bond donors (Lipinski definition) is 7. The first kappa shape index (κ1) is 13.7. The van der Waals surface area contributed by atoms with Gasteiger partial charge >= 0.3 is 11.8 Å². The van der Waals surface area contributed by atoms with Crippen molar-refractivity contribution in [2.75, 3.05) is 0 Å². The first-order valence-electron chi connectivity index (χ1n) is 4.13. The second kappa shape index (κ2) is 4.07.